The highest BCUT2D eigenvalue weighted by molar-refractivity contribution is 5.73. The Morgan fingerprint density at radius 3 is 2.89 bits per heavy atom. The average Bonchev–Trinajstić information content (AvgIpc) is 1.89. The van der Waals surface area contributed by atoms with Crippen molar-refractivity contribution in [3.05, 3.63) is 0 Å². The monoisotopic (exact) mass is 130 g/mol. The highest BCUT2D eigenvalue weighted by Crippen LogP contribution is 1.79. The Labute approximate surface area is 53.3 Å². The van der Waals surface area contributed by atoms with Crippen LogP contribution in [-0.2, 0) is 0 Å². The molecule has 0 aliphatic heterocycles. The molecule has 0 saturated carbocycles. The van der Waals surface area contributed by atoms with E-state index >= 15 is 0 Å². The van der Waals surface area contributed by atoms with Crippen LogP contribution in [-0.4, -0.2) is 12.6 Å². The third-order valence-electron chi connectivity index (χ3n) is 0.609. The van der Waals surface area contributed by atoms with Crippen LogP contribution >= 0.6 is 0 Å². The minimum Gasteiger partial charge on any atom is -0.273 e. The molecule has 3 N–H and O–H groups in total. The molecule has 0 aliphatic rings. The molecule has 2 amide bonds. The Bertz CT molecular complexity index is 111. The number of azo groups is 1. The molecule has 0 bridgehead atoms. The third kappa shape index (κ3) is 4.89. The van der Waals surface area contributed by atoms with Crippen LogP contribution in [0.2, 0.25) is 0 Å². The molecular formula is C4H10N4O. The summed E-state index contributed by atoms with van der Waals surface area (Å²) in [5.74, 6) is 4.70. The number of carbonyl (C=O) groups excluding carboxylic acids is 1. The van der Waals surface area contributed by atoms with Crippen molar-refractivity contribution in [2.45, 2.75) is 13.3 Å². The van der Waals surface area contributed by atoms with E-state index in [4.69, 9.17) is 5.84 Å². The molecule has 0 rings (SSSR count). The van der Waals surface area contributed by atoms with Crippen molar-refractivity contribution in [3.63, 3.8) is 0 Å². The maximum Gasteiger partial charge on any atom is 0.373 e. The van der Waals surface area contributed by atoms with E-state index in [-0.39, 0.29) is 0 Å². The quantitative estimate of drug-likeness (QED) is 0.246. The normalized spacial score (nSPS) is 10.0. The molecule has 5 heteroatoms. The van der Waals surface area contributed by atoms with E-state index in [1.54, 1.807) is 0 Å². The summed E-state index contributed by atoms with van der Waals surface area (Å²) in [5, 5.41) is 6.68. The maximum absolute atomic E-state index is 10.2. The molecule has 0 aliphatic carbocycles. The summed E-state index contributed by atoms with van der Waals surface area (Å²) in [6.07, 6.45) is 0.876. The van der Waals surface area contributed by atoms with Gasteiger partial charge in [0.2, 0.25) is 0 Å². The van der Waals surface area contributed by atoms with Gasteiger partial charge < -0.3 is 0 Å². The lowest BCUT2D eigenvalue weighted by molar-refractivity contribution is 0.248. The smallest absolute Gasteiger partial charge is 0.273 e. The number of carbonyl (C=O) groups is 1. The Kier molecular flexibility index (Phi) is 4.61. The van der Waals surface area contributed by atoms with Crippen LogP contribution in [0.5, 0.6) is 0 Å². The van der Waals surface area contributed by atoms with Gasteiger partial charge in [-0.1, -0.05) is 12.0 Å². The third-order valence-corrected chi connectivity index (χ3v) is 0.609. The molecule has 0 heterocycles. The van der Waals surface area contributed by atoms with Gasteiger partial charge in [0.25, 0.3) is 0 Å². The molecule has 0 unspecified atom stereocenters. The highest BCUT2D eigenvalue weighted by atomic mass is 16.2. The van der Waals surface area contributed by atoms with Gasteiger partial charge in [-0.15, -0.1) is 0 Å². The molecule has 9 heavy (non-hydrogen) atoms. The largest absolute Gasteiger partial charge is 0.373 e. The van der Waals surface area contributed by atoms with Crippen LogP contribution in [0.4, 0.5) is 4.79 Å². The van der Waals surface area contributed by atoms with Crippen molar-refractivity contribution in [3.8, 4) is 0 Å². The molecule has 0 fully saturated rings. The van der Waals surface area contributed by atoms with Gasteiger partial charge >= 0.3 is 6.03 Å². The Hall–Kier alpha value is -0.970. The van der Waals surface area contributed by atoms with Crippen LogP contribution in [0, 0.1) is 0 Å². The van der Waals surface area contributed by atoms with Gasteiger partial charge in [-0.05, 0) is 6.42 Å². The SMILES string of the molecule is CCCN=NC(=O)NN. The zero-order chi connectivity index (χ0) is 7.11. The van der Waals surface area contributed by atoms with E-state index in [2.05, 4.69) is 10.2 Å². The molecule has 0 radical (unpaired) electrons. The topological polar surface area (TPSA) is 79.8 Å². The summed E-state index contributed by atoms with van der Waals surface area (Å²) in [4.78, 5) is 10.2. The summed E-state index contributed by atoms with van der Waals surface area (Å²) in [5.41, 5.74) is 1.82. The number of hydrogen-bond acceptors (Lipinski definition) is 3. The number of nitrogens with two attached hydrogens (primary N) is 1. The van der Waals surface area contributed by atoms with E-state index in [0.29, 0.717) is 6.54 Å². The average molecular weight is 130 g/mol. The molecule has 52 valence electrons. The Morgan fingerprint density at radius 1 is 1.78 bits per heavy atom. The zero-order valence-corrected chi connectivity index (χ0v) is 5.29. The van der Waals surface area contributed by atoms with E-state index in [1.165, 1.54) is 0 Å². The van der Waals surface area contributed by atoms with Crippen molar-refractivity contribution < 1.29 is 4.79 Å². The predicted molar refractivity (Wildman–Crippen MR) is 32.7 cm³/mol. The van der Waals surface area contributed by atoms with Gasteiger partial charge in [-0.25, -0.2) is 10.6 Å². The van der Waals surface area contributed by atoms with Crippen molar-refractivity contribution in [2.24, 2.45) is 16.1 Å². The lowest BCUT2D eigenvalue weighted by Crippen LogP contribution is -2.26. The second-order valence-electron chi connectivity index (χ2n) is 1.41. The molecule has 5 nitrogen and oxygen atoms in total. The van der Waals surface area contributed by atoms with Gasteiger partial charge in [-0.2, -0.15) is 5.11 Å². The summed E-state index contributed by atoms with van der Waals surface area (Å²) in [6, 6.07) is -0.608. The van der Waals surface area contributed by atoms with Crippen LogP contribution in [0.1, 0.15) is 13.3 Å². The maximum atomic E-state index is 10.2. The minimum absolute atomic E-state index is 0.563. The first-order chi connectivity index (χ1) is 4.31. The number of nitrogens with one attached hydrogen (secondary N) is 1. The molecule has 0 saturated heterocycles. The fourth-order valence-electron chi connectivity index (χ4n) is 0.243. The fourth-order valence-corrected chi connectivity index (χ4v) is 0.243. The number of amides is 2. The van der Waals surface area contributed by atoms with Gasteiger partial charge in [0.1, 0.15) is 0 Å². The standard InChI is InChI=1S/C4H10N4O/c1-2-3-6-8-4(9)7-5/h2-3,5H2,1H3,(H,7,9). The van der Waals surface area contributed by atoms with Crippen LogP contribution < -0.4 is 11.3 Å². The van der Waals surface area contributed by atoms with E-state index in [9.17, 15) is 4.79 Å². The van der Waals surface area contributed by atoms with Gasteiger partial charge in [-0.3, -0.25) is 5.43 Å². The first-order valence-corrected chi connectivity index (χ1v) is 2.69. The summed E-state index contributed by atoms with van der Waals surface area (Å²) >= 11 is 0. The van der Waals surface area contributed by atoms with Crippen LogP contribution in [0.15, 0.2) is 10.2 Å². The fraction of sp³-hybridized carbons (Fsp3) is 0.750. The van der Waals surface area contributed by atoms with Crippen molar-refractivity contribution in [2.75, 3.05) is 6.54 Å². The summed E-state index contributed by atoms with van der Waals surface area (Å²) in [7, 11) is 0. The number of nitrogens with zero attached hydrogens (tertiary/aromatic N) is 2. The lowest BCUT2D eigenvalue weighted by atomic mass is 10.5. The van der Waals surface area contributed by atoms with E-state index in [0.717, 1.165) is 6.42 Å². The van der Waals surface area contributed by atoms with E-state index < -0.39 is 6.03 Å². The first-order valence-electron chi connectivity index (χ1n) is 2.69. The van der Waals surface area contributed by atoms with Crippen molar-refractivity contribution in [1.29, 1.82) is 0 Å². The lowest BCUT2D eigenvalue weighted by Gasteiger charge is -1.86. The van der Waals surface area contributed by atoms with Gasteiger partial charge in [0.15, 0.2) is 0 Å². The first kappa shape index (κ1) is 8.03. The van der Waals surface area contributed by atoms with E-state index in [1.807, 2.05) is 12.3 Å². The predicted octanol–water partition coefficient (Wildman–Crippen LogP) is 0.432. The summed E-state index contributed by atoms with van der Waals surface area (Å²) in [6.45, 7) is 2.51. The molecule has 0 atom stereocenters. The second-order valence-corrected chi connectivity index (χ2v) is 1.41. The summed E-state index contributed by atoms with van der Waals surface area (Å²) < 4.78 is 0. The van der Waals surface area contributed by atoms with Crippen LogP contribution in [0.3, 0.4) is 0 Å². The Balaban J connectivity index is 3.32. The Morgan fingerprint density at radius 2 is 2.44 bits per heavy atom. The number of hydrogen-bond donors (Lipinski definition) is 2. The number of hydrazine groups is 1. The van der Waals surface area contributed by atoms with Gasteiger partial charge in [0.05, 0.1) is 6.54 Å². The number of urea groups is 1. The van der Waals surface area contributed by atoms with Crippen molar-refractivity contribution >= 4 is 6.03 Å². The number of rotatable bonds is 2. The second kappa shape index (κ2) is 5.17. The molecule has 0 aromatic heterocycles. The van der Waals surface area contributed by atoms with Crippen LogP contribution in [0.25, 0.3) is 0 Å². The van der Waals surface area contributed by atoms with Crippen molar-refractivity contribution in [1.82, 2.24) is 5.43 Å². The molecular weight excluding hydrogens is 120 g/mol. The molecule has 0 spiro atoms. The zero-order valence-electron chi connectivity index (χ0n) is 5.29. The molecule has 0 aromatic rings. The highest BCUT2D eigenvalue weighted by Gasteiger charge is 1.87. The van der Waals surface area contributed by atoms with Gasteiger partial charge in [0, 0.05) is 0 Å². The molecule has 0 aromatic carbocycles. The minimum atomic E-state index is -0.608.